The Balaban J connectivity index is 1.37. The zero-order valence-corrected chi connectivity index (χ0v) is 24.9. The molecule has 0 fully saturated rings. The predicted molar refractivity (Wildman–Crippen MR) is 164 cm³/mol. The van der Waals surface area contributed by atoms with Gasteiger partial charge in [0.1, 0.15) is 24.7 Å². The first-order valence-corrected chi connectivity index (χ1v) is 14.4. The van der Waals surface area contributed by atoms with Gasteiger partial charge in [0.25, 0.3) is 0 Å². The standard InChI is InChI=1S/C31H36N8O5/c1-20-15-39(21(2)18-40)30(42)14-23-13-24(33-29(41)17-38-19-32-35-36-38)11-12-27(23)44-28(20)16-37(3)31(43)34-26-10-6-8-22-7-4-5-9-25(22)26/h4-13,19-21,28,40H,14-18H2,1-3H3,(H,33,41)(H,34,43)/t20-,21+,28+/m0/s1. The number of aliphatic hydroxyl groups is 1. The molecular formula is C31H36N8O5. The van der Waals surface area contributed by atoms with Gasteiger partial charge in [-0.05, 0) is 47.0 Å². The highest BCUT2D eigenvalue weighted by molar-refractivity contribution is 6.01. The van der Waals surface area contributed by atoms with Crippen LogP contribution in [0.3, 0.4) is 0 Å². The third-order valence-electron chi connectivity index (χ3n) is 7.73. The number of likely N-dealkylation sites (N-methyl/N-ethyl adjacent to an activating group) is 1. The van der Waals surface area contributed by atoms with E-state index in [4.69, 9.17) is 4.74 Å². The van der Waals surface area contributed by atoms with Crippen LogP contribution in [0.1, 0.15) is 19.4 Å². The maximum Gasteiger partial charge on any atom is 0.321 e. The van der Waals surface area contributed by atoms with Crippen LogP contribution in [0.4, 0.5) is 16.2 Å². The molecule has 13 heteroatoms. The quantitative estimate of drug-likeness (QED) is 0.279. The molecular weight excluding hydrogens is 564 g/mol. The number of amides is 4. The summed E-state index contributed by atoms with van der Waals surface area (Å²) in [6.07, 6.45) is 0.859. The molecule has 4 aromatic rings. The molecule has 4 amide bonds. The third-order valence-corrected chi connectivity index (χ3v) is 7.73. The van der Waals surface area contributed by atoms with Crippen LogP contribution < -0.4 is 15.4 Å². The van der Waals surface area contributed by atoms with Gasteiger partial charge in [-0.1, -0.05) is 43.3 Å². The van der Waals surface area contributed by atoms with Crippen molar-refractivity contribution < 1.29 is 24.2 Å². The second-order valence-corrected chi connectivity index (χ2v) is 11.1. The van der Waals surface area contributed by atoms with Crippen molar-refractivity contribution in [2.24, 2.45) is 5.92 Å². The monoisotopic (exact) mass is 600 g/mol. The minimum atomic E-state index is -0.489. The Hall–Kier alpha value is -5.04. The molecule has 3 atom stereocenters. The largest absolute Gasteiger partial charge is 0.488 e. The lowest BCUT2D eigenvalue weighted by atomic mass is 10.0. The van der Waals surface area contributed by atoms with Gasteiger partial charge in [-0.2, -0.15) is 0 Å². The molecule has 0 unspecified atom stereocenters. The number of anilines is 2. The first-order chi connectivity index (χ1) is 21.2. The number of hydrogen-bond donors (Lipinski definition) is 3. The van der Waals surface area contributed by atoms with Gasteiger partial charge in [-0.15, -0.1) is 5.10 Å². The van der Waals surface area contributed by atoms with Crippen LogP contribution in [0, 0.1) is 5.92 Å². The molecule has 5 rings (SSSR count). The maximum absolute atomic E-state index is 13.5. The number of fused-ring (bicyclic) bond motifs is 2. The molecule has 1 aromatic heterocycles. The number of aromatic nitrogens is 4. The highest BCUT2D eigenvalue weighted by Crippen LogP contribution is 2.30. The summed E-state index contributed by atoms with van der Waals surface area (Å²) in [4.78, 5) is 42.6. The molecule has 44 heavy (non-hydrogen) atoms. The minimum Gasteiger partial charge on any atom is -0.488 e. The molecule has 0 radical (unpaired) electrons. The SMILES string of the molecule is C[C@H](CO)N1C[C@H](C)[C@@H](CN(C)C(=O)Nc2cccc3ccccc23)Oc2ccc(NC(=O)Cn3cnnn3)cc2CC1=O. The summed E-state index contributed by atoms with van der Waals surface area (Å²) in [5.74, 6) is -0.228. The van der Waals surface area contributed by atoms with Crippen molar-refractivity contribution in [3.8, 4) is 5.75 Å². The molecule has 0 spiro atoms. The van der Waals surface area contributed by atoms with Gasteiger partial charge < -0.3 is 30.3 Å². The van der Waals surface area contributed by atoms with E-state index < -0.39 is 12.1 Å². The van der Waals surface area contributed by atoms with Crippen molar-refractivity contribution >= 4 is 40.0 Å². The smallest absolute Gasteiger partial charge is 0.321 e. The maximum atomic E-state index is 13.5. The van der Waals surface area contributed by atoms with Gasteiger partial charge in [0.2, 0.25) is 11.8 Å². The van der Waals surface area contributed by atoms with Crippen molar-refractivity contribution in [2.45, 2.75) is 39.0 Å². The van der Waals surface area contributed by atoms with Gasteiger partial charge >= 0.3 is 6.03 Å². The van der Waals surface area contributed by atoms with Crippen molar-refractivity contribution in [1.82, 2.24) is 30.0 Å². The number of urea groups is 1. The molecule has 0 bridgehead atoms. The predicted octanol–water partition coefficient (Wildman–Crippen LogP) is 2.78. The van der Waals surface area contributed by atoms with Crippen molar-refractivity contribution in [3.63, 3.8) is 0 Å². The van der Waals surface area contributed by atoms with Gasteiger partial charge in [-0.3, -0.25) is 9.59 Å². The molecule has 230 valence electrons. The van der Waals surface area contributed by atoms with Crippen LogP contribution in [0.5, 0.6) is 5.75 Å². The highest BCUT2D eigenvalue weighted by atomic mass is 16.5. The van der Waals surface area contributed by atoms with Crippen LogP contribution in [-0.4, -0.2) is 91.8 Å². The van der Waals surface area contributed by atoms with E-state index in [-0.39, 0.29) is 49.9 Å². The number of hydrogen-bond acceptors (Lipinski definition) is 8. The van der Waals surface area contributed by atoms with Gasteiger partial charge in [-0.25, -0.2) is 9.48 Å². The molecule has 3 aromatic carbocycles. The summed E-state index contributed by atoms with van der Waals surface area (Å²) in [6, 6.07) is 18.0. The topological polar surface area (TPSA) is 155 Å². The minimum absolute atomic E-state index is 0.00717. The second kappa shape index (κ2) is 13.5. The Bertz CT molecular complexity index is 1620. The first kappa shape index (κ1) is 30.4. The zero-order valence-electron chi connectivity index (χ0n) is 24.9. The molecule has 0 saturated heterocycles. The molecule has 2 heterocycles. The Kier molecular flexibility index (Phi) is 9.34. The summed E-state index contributed by atoms with van der Waals surface area (Å²) in [5, 5.41) is 28.5. The highest BCUT2D eigenvalue weighted by Gasteiger charge is 2.32. The molecule has 0 aliphatic carbocycles. The fraction of sp³-hybridized carbons (Fsp3) is 0.355. The van der Waals surface area contributed by atoms with E-state index in [1.807, 2.05) is 49.4 Å². The Labute approximate surface area is 254 Å². The second-order valence-electron chi connectivity index (χ2n) is 11.1. The van der Waals surface area contributed by atoms with E-state index in [9.17, 15) is 19.5 Å². The molecule has 1 aliphatic heterocycles. The number of nitrogens with one attached hydrogen (secondary N) is 2. The number of benzene rings is 3. The van der Waals surface area contributed by atoms with Crippen LogP contribution in [0.2, 0.25) is 0 Å². The summed E-state index contributed by atoms with van der Waals surface area (Å²) in [5.41, 5.74) is 1.76. The van der Waals surface area contributed by atoms with Crippen molar-refractivity contribution in [2.75, 3.05) is 37.4 Å². The van der Waals surface area contributed by atoms with Crippen molar-refractivity contribution in [3.05, 3.63) is 72.6 Å². The normalized spacial score (nSPS) is 17.5. The Morgan fingerprint density at radius 3 is 2.70 bits per heavy atom. The van der Waals surface area contributed by atoms with Gasteiger partial charge in [0.05, 0.1) is 31.3 Å². The first-order valence-electron chi connectivity index (χ1n) is 14.4. The fourth-order valence-electron chi connectivity index (χ4n) is 5.22. The summed E-state index contributed by atoms with van der Waals surface area (Å²) < 4.78 is 7.82. The van der Waals surface area contributed by atoms with E-state index in [0.29, 0.717) is 29.2 Å². The molecule has 1 aliphatic rings. The molecule has 0 saturated carbocycles. The summed E-state index contributed by atoms with van der Waals surface area (Å²) >= 11 is 0. The number of carbonyl (C=O) groups is 3. The third kappa shape index (κ3) is 7.11. The van der Waals surface area contributed by atoms with Gasteiger partial charge in [0.15, 0.2) is 0 Å². The fourth-order valence-corrected chi connectivity index (χ4v) is 5.22. The van der Waals surface area contributed by atoms with E-state index in [1.54, 1.807) is 42.0 Å². The molecule has 13 nitrogen and oxygen atoms in total. The zero-order chi connectivity index (χ0) is 31.2. The van der Waals surface area contributed by atoms with E-state index in [1.165, 1.54) is 11.0 Å². The van der Waals surface area contributed by atoms with Gasteiger partial charge in [0, 0.05) is 36.1 Å². The number of rotatable bonds is 8. The average molecular weight is 601 g/mol. The number of carbonyl (C=O) groups excluding carboxylic acids is 3. The lowest BCUT2D eigenvalue weighted by Crippen LogP contribution is -2.48. The summed E-state index contributed by atoms with van der Waals surface area (Å²) in [7, 11) is 1.70. The number of aliphatic hydroxyl groups excluding tert-OH is 1. The van der Waals surface area contributed by atoms with Crippen LogP contribution in [0.25, 0.3) is 10.8 Å². The lowest BCUT2D eigenvalue weighted by Gasteiger charge is -2.34. The van der Waals surface area contributed by atoms with Crippen LogP contribution >= 0.6 is 0 Å². The Morgan fingerprint density at radius 2 is 1.93 bits per heavy atom. The molecule has 3 N–H and O–H groups in total. The van der Waals surface area contributed by atoms with Crippen molar-refractivity contribution in [1.29, 1.82) is 0 Å². The summed E-state index contributed by atoms with van der Waals surface area (Å²) in [6.45, 7) is 4.04. The van der Waals surface area contributed by atoms with E-state index >= 15 is 0 Å². The van der Waals surface area contributed by atoms with Crippen LogP contribution in [0.15, 0.2) is 67.0 Å². The Morgan fingerprint density at radius 1 is 1.14 bits per heavy atom. The average Bonchev–Trinajstić information content (AvgIpc) is 3.53. The number of nitrogens with zero attached hydrogens (tertiary/aromatic N) is 6. The number of tetrazole rings is 1. The van der Waals surface area contributed by atoms with Crippen LogP contribution in [-0.2, 0) is 22.6 Å². The van der Waals surface area contributed by atoms with E-state index in [0.717, 1.165) is 10.8 Å². The number of ether oxygens (including phenoxy) is 1. The van der Waals surface area contributed by atoms with E-state index in [2.05, 4.69) is 26.2 Å². The lowest BCUT2D eigenvalue weighted by molar-refractivity contribution is -0.134.